The number of anilines is 1. The zero-order valence-corrected chi connectivity index (χ0v) is 25.8. The van der Waals surface area contributed by atoms with Crippen molar-refractivity contribution in [3.63, 3.8) is 0 Å². The topological polar surface area (TPSA) is 86.8 Å². The largest absolute Gasteiger partial charge is 0.352 e. The number of hydrogen-bond donors (Lipinski definition) is 1. The van der Waals surface area contributed by atoms with Crippen LogP contribution in [0.5, 0.6) is 0 Å². The second-order valence-corrected chi connectivity index (χ2v) is 13.3. The van der Waals surface area contributed by atoms with E-state index in [-0.39, 0.29) is 34.1 Å². The number of nitrogens with zero attached hydrogens (tertiary/aromatic N) is 2. The van der Waals surface area contributed by atoms with Crippen molar-refractivity contribution >= 4 is 55.1 Å². The van der Waals surface area contributed by atoms with Crippen molar-refractivity contribution in [2.45, 2.75) is 62.6 Å². The van der Waals surface area contributed by atoms with E-state index in [2.05, 4.69) is 21.2 Å². The lowest BCUT2D eigenvalue weighted by atomic mass is 9.95. The third-order valence-electron chi connectivity index (χ3n) is 7.16. The molecule has 11 heteroatoms. The summed E-state index contributed by atoms with van der Waals surface area (Å²) >= 11 is 9.45. The monoisotopic (exact) mass is 663 g/mol. The second-order valence-electron chi connectivity index (χ2n) is 10.1. The van der Waals surface area contributed by atoms with E-state index >= 15 is 0 Å². The molecule has 1 aliphatic rings. The fourth-order valence-corrected chi connectivity index (χ4v) is 6.92. The minimum absolute atomic E-state index is 0.0234. The molecule has 4 rings (SSSR count). The van der Waals surface area contributed by atoms with E-state index in [1.165, 1.54) is 29.2 Å². The van der Waals surface area contributed by atoms with Crippen molar-refractivity contribution in [3.8, 4) is 0 Å². The Hall–Kier alpha value is -2.95. The lowest BCUT2D eigenvalue weighted by molar-refractivity contribution is -0.139. The van der Waals surface area contributed by atoms with E-state index in [1.54, 1.807) is 25.1 Å². The van der Waals surface area contributed by atoms with Crippen LogP contribution in [0.1, 0.15) is 44.6 Å². The summed E-state index contributed by atoms with van der Waals surface area (Å²) in [5, 5.41) is 2.79. The van der Waals surface area contributed by atoms with Crippen LogP contribution in [0.3, 0.4) is 0 Å². The van der Waals surface area contributed by atoms with Gasteiger partial charge in [0.25, 0.3) is 10.0 Å². The quantitative estimate of drug-likeness (QED) is 0.276. The van der Waals surface area contributed by atoms with Crippen LogP contribution in [0.2, 0.25) is 5.02 Å². The Balaban J connectivity index is 1.68. The molecule has 0 heterocycles. The number of halogens is 3. The third kappa shape index (κ3) is 7.87. The van der Waals surface area contributed by atoms with Gasteiger partial charge in [0, 0.05) is 17.1 Å². The molecule has 0 saturated heterocycles. The summed E-state index contributed by atoms with van der Waals surface area (Å²) in [5.74, 6) is -1.62. The Bertz CT molecular complexity index is 1490. The molecule has 0 aliphatic heterocycles. The van der Waals surface area contributed by atoms with Crippen molar-refractivity contribution in [2.24, 2.45) is 0 Å². The molecule has 41 heavy (non-hydrogen) atoms. The molecule has 2 amide bonds. The van der Waals surface area contributed by atoms with E-state index in [9.17, 15) is 22.4 Å². The second kappa shape index (κ2) is 13.8. The molecule has 1 atom stereocenters. The summed E-state index contributed by atoms with van der Waals surface area (Å²) in [7, 11) is -4.26. The fourth-order valence-electron chi connectivity index (χ4n) is 4.87. The lowest BCUT2D eigenvalue weighted by Crippen LogP contribution is -2.53. The van der Waals surface area contributed by atoms with Crippen LogP contribution in [-0.4, -0.2) is 43.8 Å². The van der Waals surface area contributed by atoms with Gasteiger partial charge in [-0.25, -0.2) is 12.8 Å². The maximum absolute atomic E-state index is 14.0. The average Bonchev–Trinajstić information content (AvgIpc) is 2.96. The molecule has 1 N–H and O–H groups in total. The molecule has 0 spiro atoms. The van der Waals surface area contributed by atoms with Gasteiger partial charge in [-0.15, -0.1) is 0 Å². The lowest BCUT2D eigenvalue weighted by Gasteiger charge is -2.33. The molecule has 1 aliphatic carbocycles. The molecule has 218 valence electrons. The minimum Gasteiger partial charge on any atom is -0.352 e. The standard InChI is InChI=1S/C30H32BrClFN3O4S/c1-21(30(38)34-24-11-4-2-5-12-24)35(19-22-9-8-10-23(31)17-22)29(37)20-36(25-15-16-28(33)27(32)18-25)41(39,40)26-13-6-3-7-14-26/h3,6-10,13-18,21,24H,2,4-5,11-12,19-20H2,1H3,(H,34,38). The molecule has 3 aromatic rings. The number of carbonyl (C=O) groups is 2. The Kier molecular flexibility index (Phi) is 10.4. The van der Waals surface area contributed by atoms with Crippen LogP contribution < -0.4 is 9.62 Å². The normalized spacial score (nSPS) is 14.7. The highest BCUT2D eigenvalue weighted by Gasteiger charge is 2.33. The van der Waals surface area contributed by atoms with Gasteiger partial charge in [0.05, 0.1) is 15.6 Å². The number of carbonyl (C=O) groups excluding carboxylic acids is 2. The highest BCUT2D eigenvalue weighted by molar-refractivity contribution is 9.10. The summed E-state index contributed by atoms with van der Waals surface area (Å²) in [5.41, 5.74) is 0.780. The van der Waals surface area contributed by atoms with Crippen molar-refractivity contribution in [1.82, 2.24) is 10.2 Å². The number of benzene rings is 3. The SMILES string of the molecule is CC(C(=O)NC1CCCCC1)N(Cc1cccc(Br)c1)C(=O)CN(c1ccc(F)c(Cl)c1)S(=O)(=O)c1ccccc1. The molecule has 3 aromatic carbocycles. The first-order valence-corrected chi connectivity index (χ1v) is 16.0. The number of hydrogen-bond acceptors (Lipinski definition) is 4. The molecule has 1 saturated carbocycles. The number of rotatable bonds is 10. The number of sulfonamides is 1. The summed E-state index contributed by atoms with van der Waals surface area (Å²) in [4.78, 5) is 28.7. The third-order valence-corrected chi connectivity index (χ3v) is 9.73. The van der Waals surface area contributed by atoms with Gasteiger partial charge in [-0.1, -0.05) is 77.1 Å². The number of nitrogens with one attached hydrogen (secondary N) is 1. The van der Waals surface area contributed by atoms with Gasteiger partial charge in [0.1, 0.15) is 18.4 Å². The van der Waals surface area contributed by atoms with Crippen LogP contribution in [-0.2, 0) is 26.2 Å². The van der Waals surface area contributed by atoms with Crippen molar-refractivity contribution < 1.29 is 22.4 Å². The Morgan fingerprint density at radius 3 is 2.39 bits per heavy atom. The van der Waals surface area contributed by atoms with E-state index in [1.807, 2.05) is 24.3 Å². The highest BCUT2D eigenvalue weighted by atomic mass is 79.9. The average molecular weight is 665 g/mol. The van der Waals surface area contributed by atoms with Crippen molar-refractivity contribution in [3.05, 3.63) is 93.7 Å². The maximum Gasteiger partial charge on any atom is 0.264 e. The van der Waals surface area contributed by atoms with E-state index in [0.29, 0.717) is 0 Å². The highest BCUT2D eigenvalue weighted by Crippen LogP contribution is 2.28. The predicted octanol–water partition coefficient (Wildman–Crippen LogP) is 6.30. The van der Waals surface area contributed by atoms with Crippen molar-refractivity contribution in [1.29, 1.82) is 0 Å². The molecule has 1 fully saturated rings. The van der Waals surface area contributed by atoms with E-state index < -0.39 is 34.3 Å². The summed E-state index contributed by atoms with van der Waals surface area (Å²) < 4.78 is 43.3. The Labute approximate surface area is 253 Å². The molecule has 0 aromatic heterocycles. The molecule has 0 bridgehead atoms. The summed E-state index contributed by atoms with van der Waals surface area (Å²) in [6, 6.07) is 17.6. The van der Waals surface area contributed by atoms with Crippen molar-refractivity contribution in [2.75, 3.05) is 10.8 Å². The summed E-state index contributed by atoms with van der Waals surface area (Å²) in [6.07, 6.45) is 4.96. The molecule has 0 radical (unpaired) electrons. The number of amides is 2. The molecular formula is C30H32BrClFN3O4S. The minimum atomic E-state index is -4.26. The van der Waals surface area contributed by atoms with Gasteiger partial charge >= 0.3 is 0 Å². The van der Waals surface area contributed by atoms with Crippen LogP contribution in [0.15, 0.2) is 82.2 Å². The first-order chi connectivity index (χ1) is 19.6. The van der Waals surface area contributed by atoms with Gasteiger partial charge in [0.15, 0.2) is 0 Å². The summed E-state index contributed by atoms with van der Waals surface area (Å²) in [6.45, 7) is 1.08. The maximum atomic E-state index is 14.0. The van der Waals surface area contributed by atoms with Crippen LogP contribution in [0, 0.1) is 5.82 Å². The van der Waals surface area contributed by atoms with Gasteiger partial charge < -0.3 is 10.2 Å². The molecule has 1 unspecified atom stereocenters. The zero-order chi connectivity index (χ0) is 29.6. The van der Waals surface area contributed by atoms with Crippen LogP contribution in [0.25, 0.3) is 0 Å². The Morgan fingerprint density at radius 2 is 1.73 bits per heavy atom. The van der Waals surface area contributed by atoms with E-state index in [4.69, 9.17) is 11.6 Å². The van der Waals surface area contributed by atoms with Gasteiger partial charge in [-0.3, -0.25) is 13.9 Å². The van der Waals surface area contributed by atoms with Gasteiger partial charge in [-0.05, 0) is 67.8 Å². The predicted molar refractivity (Wildman–Crippen MR) is 162 cm³/mol. The first kappa shape index (κ1) is 31.0. The molecular weight excluding hydrogens is 633 g/mol. The smallest absolute Gasteiger partial charge is 0.264 e. The van der Waals surface area contributed by atoms with Crippen LogP contribution >= 0.6 is 27.5 Å². The van der Waals surface area contributed by atoms with Gasteiger partial charge in [0.2, 0.25) is 11.8 Å². The molecule has 7 nitrogen and oxygen atoms in total. The first-order valence-electron chi connectivity index (χ1n) is 13.4. The fraction of sp³-hybridized carbons (Fsp3) is 0.333. The van der Waals surface area contributed by atoms with Gasteiger partial charge in [-0.2, -0.15) is 0 Å². The van der Waals surface area contributed by atoms with Crippen LogP contribution in [0.4, 0.5) is 10.1 Å². The Morgan fingerprint density at radius 1 is 1.02 bits per heavy atom. The zero-order valence-electron chi connectivity index (χ0n) is 22.6. The van der Waals surface area contributed by atoms with E-state index in [0.717, 1.165) is 52.5 Å².